The zero-order valence-electron chi connectivity index (χ0n) is 10.6. The van der Waals surface area contributed by atoms with Crippen LogP contribution in [0, 0.1) is 0 Å². The lowest BCUT2D eigenvalue weighted by Crippen LogP contribution is -3.00. The highest BCUT2D eigenvalue weighted by Gasteiger charge is 2.43. The third kappa shape index (κ3) is 1.65. The van der Waals surface area contributed by atoms with Crippen LogP contribution in [0.3, 0.4) is 0 Å². The second-order valence-corrected chi connectivity index (χ2v) is 5.74. The zero-order valence-corrected chi connectivity index (χ0v) is 12.8. The summed E-state index contributed by atoms with van der Waals surface area (Å²) in [5, 5.41) is 0. The van der Waals surface area contributed by atoms with E-state index >= 15 is 0 Å². The van der Waals surface area contributed by atoms with Gasteiger partial charge >= 0.3 is 0 Å². The summed E-state index contributed by atoms with van der Waals surface area (Å²) in [6, 6.07) is 5.14. The Bertz CT molecular complexity index is 491. The number of ether oxygens (including phenoxy) is 2. The van der Waals surface area contributed by atoms with Crippen molar-refractivity contribution >= 4 is 0 Å². The first-order valence-electron chi connectivity index (χ1n) is 6.53. The van der Waals surface area contributed by atoms with Crippen LogP contribution in [0.25, 0.3) is 0 Å². The molecule has 1 saturated heterocycles. The van der Waals surface area contributed by atoms with Gasteiger partial charge < -0.3 is 37.9 Å². The molecule has 2 unspecified atom stereocenters. The Morgan fingerprint density at radius 3 is 2.78 bits per heavy atom. The highest BCUT2D eigenvalue weighted by atomic mass is 127. The fourth-order valence-corrected chi connectivity index (χ4v) is 3.77. The van der Waals surface area contributed by atoms with E-state index in [0.29, 0.717) is 12.8 Å². The molecule has 1 aromatic carbocycles. The summed E-state index contributed by atoms with van der Waals surface area (Å²) in [6.45, 7) is 2.99. The Kier molecular flexibility index (Phi) is 2.97. The van der Waals surface area contributed by atoms with E-state index in [1.807, 2.05) is 0 Å². The maximum atomic E-state index is 5.52. The maximum Gasteiger partial charge on any atom is 0.231 e. The summed E-state index contributed by atoms with van der Waals surface area (Å²) in [4.78, 5) is 0. The lowest BCUT2D eigenvalue weighted by atomic mass is 9.91. The minimum Gasteiger partial charge on any atom is -1.00 e. The summed E-state index contributed by atoms with van der Waals surface area (Å²) in [7, 11) is 2.41. The number of benzene rings is 1. The van der Waals surface area contributed by atoms with Gasteiger partial charge in [0.05, 0.1) is 20.1 Å². The molecule has 3 aliphatic heterocycles. The Morgan fingerprint density at radius 2 is 1.94 bits per heavy atom. The highest BCUT2D eigenvalue weighted by Crippen LogP contribution is 2.46. The first-order chi connectivity index (χ1) is 8.26. The number of rotatable bonds is 0. The van der Waals surface area contributed by atoms with E-state index in [1.165, 1.54) is 48.0 Å². The van der Waals surface area contributed by atoms with E-state index in [4.69, 9.17) is 9.47 Å². The van der Waals surface area contributed by atoms with Gasteiger partial charge in [0, 0.05) is 24.8 Å². The van der Waals surface area contributed by atoms with Crippen molar-refractivity contribution in [3.8, 4) is 11.5 Å². The van der Waals surface area contributed by atoms with Crippen molar-refractivity contribution in [1.29, 1.82) is 0 Å². The molecule has 18 heavy (non-hydrogen) atoms. The molecular weight excluding hydrogens is 341 g/mol. The van der Waals surface area contributed by atoms with Gasteiger partial charge in [0.15, 0.2) is 11.5 Å². The van der Waals surface area contributed by atoms with Crippen LogP contribution in [-0.2, 0) is 6.42 Å². The van der Waals surface area contributed by atoms with Crippen LogP contribution in [0.2, 0.25) is 0 Å². The van der Waals surface area contributed by atoms with Gasteiger partial charge in [-0.05, 0) is 17.7 Å². The van der Waals surface area contributed by atoms with Crippen LogP contribution in [0.15, 0.2) is 12.1 Å². The molecule has 0 amide bonds. The molecule has 1 aromatic rings. The van der Waals surface area contributed by atoms with Gasteiger partial charge in [-0.3, -0.25) is 0 Å². The molecular formula is C14H18INO2. The molecule has 3 nitrogen and oxygen atoms in total. The number of quaternary nitrogens is 1. The summed E-state index contributed by atoms with van der Waals surface area (Å²) in [5.41, 5.74) is 3.00. The van der Waals surface area contributed by atoms with E-state index in [-0.39, 0.29) is 24.0 Å². The quantitative estimate of drug-likeness (QED) is 0.449. The largest absolute Gasteiger partial charge is 1.00 e. The molecule has 1 fully saturated rings. The van der Waals surface area contributed by atoms with Gasteiger partial charge in [-0.2, -0.15) is 0 Å². The molecule has 4 rings (SSSR count). The average molecular weight is 359 g/mol. The predicted molar refractivity (Wildman–Crippen MR) is 64.2 cm³/mol. The maximum absolute atomic E-state index is 5.52. The predicted octanol–water partition coefficient (Wildman–Crippen LogP) is -0.743. The minimum atomic E-state index is 0. The third-order valence-corrected chi connectivity index (χ3v) is 4.78. The number of fused-ring (bicyclic) bond motifs is 4. The van der Waals surface area contributed by atoms with E-state index in [0.717, 1.165) is 11.5 Å². The second kappa shape index (κ2) is 4.27. The Hall–Kier alpha value is -0.490. The molecule has 0 spiro atoms. The Labute approximate surface area is 125 Å². The van der Waals surface area contributed by atoms with Crippen molar-refractivity contribution in [2.75, 3.05) is 26.9 Å². The summed E-state index contributed by atoms with van der Waals surface area (Å²) in [6.07, 6.45) is 3.86. The van der Waals surface area contributed by atoms with Crippen LogP contribution in [0.4, 0.5) is 0 Å². The van der Waals surface area contributed by atoms with Gasteiger partial charge in [0.25, 0.3) is 0 Å². The van der Waals surface area contributed by atoms with Crippen molar-refractivity contribution in [2.24, 2.45) is 0 Å². The minimum absolute atomic E-state index is 0. The smallest absolute Gasteiger partial charge is 0.231 e. The Balaban J connectivity index is 0.000001000. The van der Waals surface area contributed by atoms with Crippen LogP contribution in [0.5, 0.6) is 11.5 Å². The van der Waals surface area contributed by atoms with Crippen molar-refractivity contribution in [3.63, 3.8) is 0 Å². The Morgan fingerprint density at radius 1 is 1.17 bits per heavy atom. The van der Waals surface area contributed by atoms with Gasteiger partial charge in [-0.25, -0.2) is 0 Å². The number of hydrogen-bond donors (Lipinski definition) is 0. The highest BCUT2D eigenvalue weighted by molar-refractivity contribution is 5.50. The van der Waals surface area contributed by atoms with Gasteiger partial charge in [0.1, 0.15) is 6.04 Å². The fraction of sp³-hybridized carbons (Fsp3) is 0.571. The molecule has 0 N–H and O–H groups in total. The number of hydrogen-bond acceptors (Lipinski definition) is 2. The topological polar surface area (TPSA) is 18.5 Å². The number of halogens is 1. The second-order valence-electron chi connectivity index (χ2n) is 5.74. The van der Waals surface area contributed by atoms with Crippen molar-refractivity contribution in [3.05, 3.63) is 23.3 Å². The number of likely N-dealkylation sites (N-methyl/N-ethyl adjacent to an activating group) is 1. The fourth-order valence-electron chi connectivity index (χ4n) is 3.77. The lowest BCUT2D eigenvalue weighted by Gasteiger charge is -2.41. The molecule has 0 aromatic heterocycles. The third-order valence-electron chi connectivity index (χ3n) is 4.78. The average Bonchev–Trinajstić information content (AvgIpc) is 2.91. The van der Waals surface area contributed by atoms with Crippen molar-refractivity contribution < 1.29 is 37.9 Å². The first-order valence-corrected chi connectivity index (χ1v) is 6.53. The van der Waals surface area contributed by atoms with Gasteiger partial charge in [-0.1, -0.05) is 0 Å². The summed E-state index contributed by atoms with van der Waals surface area (Å²) < 4.78 is 12.2. The molecule has 98 valence electrons. The molecule has 2 atom stereocenters. The molecule has 0 radical (unpaired) electrons. The lowest BCUT2D eigenvalue weighted by molar-refractivity contribution is -0.928. The zero-order chi connectivity index (χ0) is 11.5. The normalized spacial score (nSPS) is 31.5. The molecule has 4 heteroatoms. The van der Waals surface area contributed by atoms with Crippen molar-refractivity contribution in [1.82, 2.24) is 0 Å². The molecule has 3 aliphatic rings. The van der Waals surface area contributed by atoms with Crippen LogP contribution in [-0.4, -0.2) is 31.4 Å². The van der Waals surface area contributed by atoms with E-state index in [1.54, 1.807) is 0 Å². The SMILES string of the molecule is C[N+]12CCCC1c1cc3c(cc1CC2)OCO3.[I-]. The van der Waals surface area contributed by atoms with Gasteiger partial charge in [0.2, 0.25) is 6.79 Å². The van der Waals surface area contributed by atoms with Crippen LogP contribution >= 0.6 is 0 Å². The molecule has 0 bridgehead atoms. The monoisotopic (exact) mass is 359 g/mol. The van der Waals surface area contributed by atoms with E-state index in [2.05, 4.69) is 19.2 Å². The van der Waals surface area contributed by atoms with E-state index < -0.39 is 0 Å². The van der Waals surface area contributed by atoms with E-state index in [9.17, 15) is 0 Å². The van der Waals surface area contributed by atoms with Crippen LogP contribution in [0.1, 0.15) is 30.0 Å². The number of nitrogens with zero attached hydrogens (tertiary/aromatic N) is 1. The summed E-state index contributed by atoms with van der Waals surface area (Å²) in [5.74, 6) is 1.89. The summed E-state index contributed by atoms with van der Waals surface area (Å²) >= 11 is 0. The molecule has 0 aliphatic carbocycles. The van der Waals surface area contributed by atoms with Gasteiger partial charge in [-0.15, -0.1) is 0 Å². The van der Waals surface area contributed by atoms with Crippen molar-refractivity contribution in [2.45, 2.75) is 25.3 Å². The molecule has 0 saturated carbocycles. The standard InChI is InChI=1S/C14H18NO2.HI/c1-15-5-2-3-12(15)11-8-14-13(16-9-17-14)7-10(11)4-6-15;/h7-8,12H,2-6,9H2,1H3;1H/q+1;/p-1. The molecule has 3 heterocycles. The first kappa shape index (κ1) is 12.5. The van der Waals surface area contributed by atoms with Crippen LogP contribution < -0.4 is 33.5 Å².